The fraction of sp³-hybridized carbons (Fsp3) is 0.600. The fourth-order valence-corrected chi connectivity index (χ4v) is 2.21. The lowest BCUT2D eigenvalue weighted by molar-refractivity contribution is -0.119. The van der Waals surface area contributed by atoms with Gasteiger partial charge in [0.25, 0.3) is 0 Å². The molecule has 0 bridgehead atoms. The Hall–Kier alpha value is -1.27. The predicted molar refractivity (Wildman–Crippen MR) is 78.5 cm³/mol. The van der Waals surface area contributed by atoms with Gasteiger partial charge in [-0.3, -0.25) is 0 Å². The van der Waals surface area contributed by atoms with Gasteiger partial charge in [-0.25, -0.2) is 0 Å². The molecule has 3 nitrogen and oxygen atoms in total. The van der Waals surface area contributed by atoms with E-state index in [4.69, 9.17) is 5.11 Å². The van der Waals surface area contributed by atoms with E-state index in [0.29, 0.717) is 12.2 Å². The third kappa shape index (κ3) is 6.35. The summed E-state index contributed by atoms with van der Waals surface area (Å²) >= 11 is 0. The first-order valence-electron chi connectivity index (χ1n) is 7.10. The Balaban J connectivity index is 2.84. The molecule has 0 atom stereocenters. The summed E-state index contributed by atoms with van der Waals surface area (Å²) in [6.07, 6.45) is -3.25. The smallest absolute Gasteiger partial charge is 0.395 e. The number of aliphatic hydroxyl groups excluding tert-OH is 1. The number of halogens is 3. The van der Waals surface area contributed by atoms with E-state index in [1.807, 2.05) is 12.1 Å². The zero-order valence-corrected chi connectivity index (χ0v) is 12.5. The second-order valence-corrected chi connectivity index (χ2v) is 5.06. The zero-order valence-electron chi connectivity index (χ0n) is 12.5. The molecule has 120 valence electrons. The number of hydrogen-bond acceptors (Lipinski definition) is 3. The molecule has 0 spiro atoms. The number of aryl methyl sites for hydroxylation is 1. The quantitative estimate of drug-likeness (QED) is 0.725. The van der Waals surface area contributed by atoms with Crippen molar-refractivity contribution in [3.63, 3.8) is 0 Å². The van der Waals surface area contributed by atoms with E-state index in [2.05, 4.69) is 12.2 Å². The summed E-state index contributed by atoms with van der Waals surface area (Å²) in [5.41, 5.74) is 2.34. The first-order valence-corrected chi connectivity index (χ1v) is 7.10. The van der Waals surface area contributed by atoms with Crippen LogP contribution in [0.15, 0.2) is 18.2 Å². The van der Waals surface area contributed by atoms with Crippen LogP contribution in [0.2, 0.25) is 0 Å². The lowest BCUT2D eigenvalue weighted by atomic mass is 10.1. The molecule has 1 aromatic rings. The van der Waals surface area contributed by atoms with Gasteiger partial charge in [0.2, 0.25) is 0 Å². The molecule has 6 heteroatoms. The molecule has 0 heterocycles. The Morgan fingerprint density at radius 1 is 1.29 bits per heavy atom. The Kier molecular flexibility index (Phi) is 6.98. The standard InChI is InChI=1S/C15H23F3N2O/c1-3-6-19-10-13-4-5-14(12(2)9-13)20(7-8-21)11-15(16,17)18/h4-5,9,19,21H,3,6-8,10-11H2,1-2H3. The molecule has 2 N–H and O–H groups in total. The summed E-state index contributed by atoms with van der Waals surface area (Å²) in [5, 5.41) is 12.2. The molecule has 0 amide bonds. The van der Waals surface area contributed by atoms with Crippen molar-refractivity contribution in [2.45, 2.75) is 33.0 Å². The van der Waals surface area contributed by atoms with E-state index < -0.39 is 12.7 Å². The van der Waals surface area contributed by atoms with Gasteiger partial charge in [-0.05, 0) is 37.1 Å². The lowest BCUT2D eigenvalue weighted by Crippen LogP contribution is -2.36. The molecule has 1 aromatic carbocycles. The van der Waals surface area contributed by atoms with Gasteiger partial charge in [-0.1, -0.05) is 19.1 Å². The molecule has 0 unspecified atom stereocenters. The van der Waals surface area contributed by atoms with Gasteiger partial charge in [0, 0.05) is 18.8 Å². The SMILES string of the molecule is CCCNCc1ccc(N(CCO)CC(F)(F)F)c(C)c1. The molecule has 21 heavy (non-hydrogen) atoms. The number of nitrogens with one attached hydrogen (secondary N) is 1. The van der Waals surface area contributed by atoms with Gasteiger partial charge in [0.05, 0.1) is 6.61 Å². The summed E-state index contributed by atoms with van der Waals surface area (Å²) in [4.78, 5) is 1.17. The van der Waals surface area contributed by atoms with Crippen molar-refractivity contribution in [1.82, 2.24) is 5.32 Å². The van der Waals surface area contributed by atoms with Crippen LogP contribution in [-0.4, -0.2) is 37.5 Å². The van der Waals surface area contributed by atoms with E-state index >= 15 is 0 Å². The molecular formula is C15H23F3N2O. The van der Waals surface area contributed by atoms with Gasteiger partial charge in [0.15, 0.2) is 0 Å². The average molecular weight is 304 g/mol. The van der Waals surface area contributed by atoms with Crippen molar-refractivity contribution < 1.29 is 18.3 Å². The number of hydrogen-bond donors (Lipinski definition) is 2. The Labute approximate surface area is 123 Å². The average Bonchev–Trinajstić information content (AvgIpc) is 2.37. The van der Waals surface area contributed by atoms with Crippen molar-refractivity contribution in [2.24, 2.45) is 0 Å². The highest BCUT2D eigenvalue weighted by molar-refractivity contribution is 5.54. The van der Waals surface area contributed by atoms with E-state index in [9.17, 15) is 13.2 Å². The second-order valence-electron chi connectivity index (χ2n) is 5.06. The number of benzene rings is 1. The number of nitrogens with zero attached hydrogens (tertiary/aromatic N) is 1. The first-order chi connectivity index (χ1) is 9.87. The van der Waals surface area contributed by atoms with E-state index in [1.54, 1.807) is 13.0 Å². The summed E-state index contributed by atoms with van der Waals surface area (Å²) in [7, 11) is 0. The van der Waals surface area contributed by atoms with Gasteiger partial charge in [-0.2, -0.15) is 13.2 Å². The van der Waals surface area contributed by atoms with Crippen LogP contribution in [0.5, 0.6) is 0 Å². The molecule has 0 aliphatic carbocycles. The van der Waals surface area contributed by atoms with Crippen molar-refractivity contribution in [3.8, 4) is 0 Å². The Morgan fingerprint density at radius 3 is 2.52 bits per heavy atom. The molecule has 0 saturated carbocycles. The zero-order chi connectivity index (χ0) is 15.9. The van der Waals surface area contributed by atoms with Gasteiger partial charge >= 0.3 is 6.18 Å². The summed E-state index contributed by atoms with van der Waals surface area (Å²) in [5.74, 6) is 0. The predicted octanol–water partition coefficient (Wildman–Crippen LogP) is 2.86. The molecule has 0 radical (unpaired) electrons. The third-order valence-corrected chi connectivity index (χ3v) is 3.10. The monoisotopic (exact) mass is 304 g/mol. The number of anilines is 1. The van der Waals surface area contributed by atoms with Crippen LogP contribution in [0.25, 0.3) is 0 Å². The minimum absolute atomic E-state index is 0.0339. The largest absolute Gasteiger partial charge is 0.405 e. The maximum Gasteiger partial charge on any atom is 0.405 e. The highest BCUT2D eigenvalue weighted by Gasteiger charge is 2.31. The molecule has 1 rings (SSSR count). The molecule has 0 aliphatic heterocycles. The Morgan fingerprint density at radius 2 is 2.00 bits per heavy atom. The number of alkyl halides is 3. The fourth-order valence-electron chi connectivity index (χ4n) is 2.21. The van der Waals surface area contributed by atoms with Crippen LogP contribution < -0.4 is 10.2 Å². The van der Waals surface area contributed by atoms with Gasteiger partial charge in [0.1, 0.15) is 6.54 Å². The lowest BCUT2D eigenvalue weighted by Gasteiger charge is -2.27. The van der Waals surface area contributed by atoms with Crippen molar-refractivity contribution in [1.29, 1.82) is 0 Å². The summed E-state index contributed by atoms with van der Waals surface area (Å²) in [6.45, 7) is 4.08. The molecule has 0 saturated heterocycles. The van der Waals surface area contributed by atoms with Gasteiger partial charge in [-0.15, -0.1) is 0 Å². The molecule has 0 aliphatic rings. The summed E-state index contributed by atoms with van der Waals surface area (Å²) < 4.78 is 37.8. The highest BCUT2D eigenvalue weighted by Crippen LogP contribution is 2.25. The first kappa shape index (κ1) is 17.8. The van der Waals surface area contributed by atoms with E-state index in [1.165, 1.54) is 4.90 Å². The molecule has 0 fully saturated rings. The Bertz CT molecular complexity index is 435. The number of aliphatic hydroxyl groups is 1. The topological polar surface area (TPSA) is 35.5 Å². The van der Waals surface area contributed by atoms with E-state index in [-0.39, 0.29) is 13.2 Å². The van der Waals surface area contributed by atoms with Crippen LogP contribution in [0.1, 0.15) is 24.5 Å². The molecular weight excluding hydrogens is 281 g/mol. The second kappa shape index (κ2) is 8.24. The number of rotatable bonds is 8. The minimum atomic E-state index is -4.29. The minimum Gasteiger partial charge on any atom is -0.395 e. The maximum atomic E-state index is 12.6. The van der Waals surface area contributed by atoms with E-state index in [0.717, 1.165) is 24.1 Å². The van der Waals surface area contributed by atoms with Crippen LogP contribution in [0.4, 0.5) is 18.9 Å². The molecule has 0 aromatic heterocycles. The third-order valence-electron chi connectivity index (χ3n) is 3.10. The van der Waals surface area contributed by atoms with Crippen molar-refractivity contribution in [2.75, 3.05) is 31.1 Å². The van der Waals surface area contributed by atoms with Crippen LogP contribution in [0, 0.1) is 6.92 Å². The van der Waals surface area contributed by atoms with Gasteiger partial charge < -0.3 is 15.3 Å². The normalized spacial score (nSPS) is 11.7. The van der Waals surface area contributed by atoms with Crippen molar-refractivity contribution in [3.05, 3.63) is 29.3 Å². The van der Waals surface area contributed by atoms with Crippen molar-refractivity contribution >= 4 is 5.69 Å². The summed E-state index contributed by atoms with van der Waals surface area (Å²) in [6, 6.07) is 5.41. The van der Waals surface area contributed by atoms with Crippen LogP contribution in [0.3, 0.4) is 0 Å². The van der Waals surface area contributed by atoms with Crippen LogP contribution >= 0.6 is 0 Å². The van der Waals surface area contributed by atoms with Crippen LogP contribution in [-0.2, 0) is 6.54 Å². The highest BCUT2D eigenvalue weighted by atomic mass is 19.4. The maximum absolute atomic E-state index is 12.6.